The van der Waals surface area contributed by atoms with Crippen molar-refractivity contribution in [2.24, 2.45) is 0 Å². The Balaban J connectivity index is 0.000000861. The molecule has 0 aliphatic heterocycles. The predicted molar refractivity (Wildman–Crippen MR) is 78.8 cm³/mol. The highest BCUT2D eigenvalue weighted by Gasteiger charge is 2.14. The minimum atomic E-state index is -0.437. The third kappa shape index (κ3) is 3.44. The highest BCUT2D eigenvalue weighted by molar-refractivity contribution is 6.38. The average molecular weight is 280 g/mol. The van der Waals surface area contributed by atoms with Crippen LogP contribution in [0.15, 0.2) is 24.4 Å². The maximum Gasteiger partial charge on any atom is 0.341 e. The first-order valence-corrected chi connectivity index (χ1v) is 6.73. The Labute approximate surface area is 118 Å². The van der Waals surface area contributed by atoms with Gasteiger partial charge in [-0.15, -0.1) is 0 Å². The van der Waals surface area contributed by atoms with Gasteiger partial charge in [-0.25, -0.2) is 4.79 Å². The highest BCUT2D eigenvalue weighted by atomic mass is 35.5. The number of nitrogens with zero attached hydrogens (tertiary/aromatic N) is 1. The molecule has 0 unspecified atom stereocenters. The van der Waals surface area contributed by atoms with Crippen molar-refractivity contribution in [1.82, 2.24) is 4.98 Å². The predicted octanol–water partition coefficient (Wildman–Crippen LogP) is 4.40. The fourth-order valence-electron chi connectivity index (χ4n) is 1.63. The van der Waals surface area contributed by atoms with Crippen LogP contribution in [0, 0.1) is 6.92 Å². The summed E-state index contributed by atoms with van der Waals surface area (Å²) >= 11 is 6.20. The van der Waals surface area contributed by atoms with Gasteiger partial charge < -0.3 is 4.74 Å². The van der Waals surface area contributed by atoms with E-state index in [1.807, 2.05) is 39.0 Å². The Bertz CT molecular complexity index is 582. The van der Waals surface area contributed by atoms with Crippen LogP contribution in [0.25, 0.3) is 10.9 Å². The van der Waals surface area contributed by atoms with Gasteiger partial charge in [0, 0.05) is 11.6 Å². The minimum Gasteiger partial charge on any atom is -0.462 e. The Morgan fingerprint density at radius 3 is 2.68 bits per heavy atom. The summed E-state index contributed by atoms with van der Waals surface area (Å²) < 4.78 is 4.92. The number of ether oxygens (including phenoxy) is 1. The minimum absolute atomic E-state index is 0.312. The number of hydrogen-bond donors (Lipinski definition) is 0. The molecule has 0 fully saturated rings. The molecule has 2 aromatic rings. The maximum atomic E-state index is 11.6. The van der Waals surface area contributed by atoms with Crippen LogP contribution in [0.5, 0.6) is 0 Å². The number of rotatable bonds is 2. The molecule has 0 aliphatic rings. The number of halogens is 1. The van der Waals surface area contributed by atoms with Gasteiger partial charge in [-0.3, -0.25) is 4.98 Å². The molecule has 0 atom stereocenters. The van der Waals surface area contributed by atoms with E-state index in [0.29, 0.717) is 17.2 Å². The van der Waals surface area contributed by atoms with Crippen molar-refractivity contribution >= 4 is 28.5 Å². The number of benzene rings is 1. The molecule has 0 N–H and O–H groups in total. The Hall–Kier alpha value is -1.61. The number of fused-ring (bicyclic) bond motifs is 1. The van der Waals surface area contributed by atoms with Crippen LogP contribution >= 0.6 is 11.6 Å². The topological polar surface area (TPSA) is 39.2 Å². The second kappa shape index (κ2) is 7.10. The summed E-state index contributed by atoms with van der Waals surface area (Å²) in [6.45, 7) is 8.04. The number of aromatic nitrogens is 1. The van der Waals surface area contributed by atoms with E-state index in [4.69, 9.17) is 16.3 Å². The molecule has 1 aromatic carbocycles. The number of carbonyl (C=O) groups is 1. The molecule has 2 rings (SSSR count). The number of aryl methyl sites for hydroxylation is 1. The maximum absolute atomic E-state index is 11.6. The van der Waals surface area contributed by atoms with Gasteiger partial charge in [-0.05, 0) is 26.0 Å². The lowest BCUT2D eigenvalue weighted by molar-refractivity contribution is 0.0526. The molecule has 0 spiro atoms. The molecule has 0 saturated heterocycles. The van der Waals surface area contributed by atoms with Crippen molar-refractivity contribution in [3.8, 4) is 0 Å². The molecule has 1 aromatic heterocycles. The molecular formula is C15H18ClNO2. The van der Waals surface area contributed by atoms with E-state index < -0.39 is 5.97 Å². The Morgan fingerprint density at radius 2 is 2.05 bits per heavy atom. The van der Waals surface area contributed by atoms with E-state index in [1.54, 1.807) is 6.92 Å². The fourth-order valence-corrected chi connectivity index (χ4v) is 1.90. The van der Waals surface area contributed by atoms with E-state index in [9.17, 15) is 4.79 Å². The van der Waals surface area contributed by atoms with E-state index in [2.05, 4.69) is 4.98 Å². The van der Waals surface area contributed by atoms with Gasteiger partial charge in [-0.2, -0.15) is 0 Å². The zero-order chi connectivity index (χ0) is 14.4. The van der Waals surface area contributed by atoms with Gasteiger partial charge in [0.15, 0.2) is 0 Å². The largest absolute Gasteiger partial charge is 0.462 e. The van der Waals surface area contributed by atoms with Crippen molar-refractivity contribution in [2.45, 2.75) is 27.7 Å². The van der Waals surface area contributed by atoms with Crippen LogP contribution in [0.3, 0.4) is 0 Å². The van der Waals surface area contributed by atoms with E-state index in [0.717, 1.165) is 16.5 Å². The molecule has 0 amide bonds. The standard InChI is InChI=1S/C13H12ClNO2.C2H6/c1-3-17-13(16)10-7-15-11-5-4-8(2)6-9(11)12(10)14;1-2/h4-7H,3H2,1-2H3;1-2H3. The summed E-state index contributed by atoms with van der Waals surface area (Å²) in [5.74, 6) is -0.437. The van der Waals surface area contributed by atoms with Crippen LogP contribution in [0.2, 0.25) is 5.02 Å². The van der Waals surface area contributed by atoms with Gasteiger partial charge in [0.05, 0.1) is 22.7 Å². The lowest BCUT2D eigenvalue weighted by atomic mass is 10.1. The number of hydrogen-bond acceptors (Lipinski definition) is 3. The summed E-state index contributed by atoms with van der Waals surface area (Å²) in [6, 6.07) is 5.74. The summed E-state index contributed by atoms with van der Waals surface area (Å²) in [4.78, 5) is 15.8. The monoisotopic (exact) mass is 279 g/mol. The van der Waals surface area contributed by atoms with Crippen LogP contribution in [-0.2, 0) is 4.74 Å². The molecular weight excluding hydrogens is 262 g/mol. The van der Waals surface area contributed by atoms with Crippen LogP contribution in [0.4, 0.5) is 0 Å². The summed E-state index contributed by atoms with van der Waals surface area (Å²) in [6.07, 6.45) is 1.46. The van der Waals surface area contributed by atoms with Crippen molar-refractivity contribution in [1.29, 1.82) is 0 Å². The molecule has 0 bridgehead atoms. The first kappa shape index (κ1) is 15.4. The number of esters is 1. The van der Waals surface area contributed by atoms with Crippen molar-refractivity contribution in [3.63, 3.8) is 0 Å². The zero-order valence-electron chi connectivity index (χ0n) is 11.7. The SMILES string of the molecule is CC.CCOC(=O)c1cnc2ccc(C)cc2c1Cl. The van der Waals surface area contributed by atoms with E-state index in [1.165, 1.54) is 6.20 Å². The van der Waals surface area contributed by atoms with Crippen molar-refractivity contribution in [3.05, 3.63) is 40.5 Å². The first-order valence-electron chi connectivity index (χ1n) is 6.35. The zero-order valence-corrected chi connectivity index (χ0v) is 12.4. The van der Waals surface area contributed by atoms with Crippen molar-refractivity contribution in [2.75, 3.05) is 6.61 Å². The third-order valence-electron chi connectivity index (χ3n) is 2.45. The smallest absolute Gasteiger partial charge is 0.341 e. The lowest BCUT2D eigenvalue weighted by Crippen LogP contribution is -2.06. The normalized spacial score (nSPS) is 9.74. The van der Waals surface area contributed by atoms with Crippen LogP contribution < -0.4 is 0 Å². The number of carbonyl (C=O) groups excluding carboxylic acids is 1. The lowest BCUT2D eigenvalue weighted by Gasteiger charge is -2.07. The van der Waals surface area contributed by atoms with Gasteiger partial charge in [0.1, 0.15) is 0 Å². The molecule has 4 heteroatoms. The first-order chi connectivity index (χ1) is 9.13. The quantitative estimate of drug-likeness (QED) is 0.765. The second-order valence-electron chi connectivity index (χ2n) is 3.73. The highest BCUT2D eigenvalue weighted by Crippen LogP contribution is 2.26. The third-order valence-corrected chi connectivity index (χ3v) is 2.86. The van der Waals surface area contributed by atoms with E-state index >= 15 is 0 Å². The molecule has 0 saturated carbocycles. The van der Waals surface area contributed by atoms with E-state index in [-0.39, 0.29) is 0 Å². The summed E-state index contributed by atoms with van der Waals surface area (Å²) in [5.41, 5.74) is 2.16. The molecule has 102 valence electrons. The van der Waals surface area contributed by atoms with Crippen molar-refractivity contribution < 1.29 is 9.53 Å². The Morgan fingerprint density at radius 1 is 1.37 bits per heavy atom. The Kier molecular flexibility index (Phi) is 5.77. The van der Waals surface area contributed by atoms with Gasteiger partial charge in [0.2, 0.25) is 0 Å². The summed E-state index contributed by atoms with van der Waals surface area (Å²) in [7, 11) is 0. The molecule has 1 heterocycles. The van der Waals surface area contributed by atoms with Gasteiger partial charge in [-0.1, -0.05) is 37.1 Å². The van der Waals surface area contributed by atoms with Crippen LogP contribution in [-0.4, -0.2) is 17.6 Å². The second-order valence-corrected chi connectivity index (χ2v) is 4.10. The van der Waals surface area contributed by atoms with Gasteiger partial charge >= 0.3 is 5.97 Å². The van der Waals surface area contributed by atoms with Gasteiger partial charge in [0.25, 0.3) is 0 Å². The molecule has 3 nitrogen and oxygen atoms in total. The molecule has 19 heavy (non-hydrogen) atoms. The van der Waals surface area contributed by atoms with Crippen LogP contribution in [0.1, 0.15) is 36.7 Å². The fraction of sp³-hybridized carbons (Fsp3) is 0.333. The summed E-state index contributed by atoms with van der Waals surface area (Å²) in [5, 5.41) is 1.18. The number of pyridine rings is 1. The average Bonchev–Trinajstić information content (AvgIpc) is 2.42. The molecule has 0 aliphatic carbocycles. The molecule has 0 radical (unpaired) electrons.